The highest BCUT2D eigenvalue weighted by molar-refractivity contribution is 6.05. The van der Waals surface area contributed by atoms with Crippen molar-refractivity contribution in [3.63, 3.8) is 0 Å². The maximum atomic E-state index is 2.56. The topological polar surface area (TPSA) is 3.24 Å². The van der Waals surface area contributed by atoms with E-state index >= 15 is 0 Å². The van der Waals surface area contributed by atoms with Gasteiger partial charge in [0.15, 0.2) is 0 Å². The molecule has 0 fully saturated rings. The Morgan fingerprint density at radius 3 is 1.60 bits per heavy atom. The van der Waals surface area contributed by atoms with E-state index in [1.54, 1.807) is 0 Å². The van der Waals surface area contributed by atoms with E-state index in [2.05, 4.69) is 209 Å². The lowest BCUT2D eigenvalue weighted by Gasteiger charge is -2.29. The largest absolute Gasteiger partial charge is 0.310 e. The Kier molecular flexibility index (Phi) is 6.94. The van der Waals surface area contributed by atoms with Gasteiger partial charge in [-0.2, -0.15) is 0 Å². The fourth-order valence-corrected chi connectivity index (χ4v) is 9.35. The summed E-state index contributed by atoms with van der Waals surface area (Å²) in [6.07, 6.45) is 0. The minimum atomic E-state index is -0.178. The van der Waals surface area contributed by atoms with Crippen LogP contribution in [0.25, 0.3) is 55.3 Å². The molecule has 2 aliphatic rings. The van der Waals surface area contributed by atoms with Crippen molar-refractivity contribution in [1.82, 2.24) is 0 Å². The van der Waals surface area contributed by atoms with Crippen LogP contribution < -0.4 is 4.90 Å². The average molecular weight is 680 g/mol. The highest BCUT2D eigenvalue weighted by atomic mass is 15.1. The minimum absolute atomic E-state index is 0.103. The number of fused-ring (bicyclic) bond motifs is 7. The highest BCUT2D eigenvalue weighted by Gasteiger charge is 2.44. The molecule has 53 heavy (non-hydrogen) atoms. The summed E-state index contributed by atoms with van der Waals surface area (Å²) >= 11 is 0. The van der Waals surface area contributed by atoms with Gasteiger partial charge >= 0.3 is 0 Å². The maximum Gasteiger partial charge on any atom is 0.0540 e. The van der Waals surface area contributed by atoms with Gasteiger partial charge in [-0.25, -0.2) is 0 Å². The zero-order chi connectivity index (χ0) is 35.9. The van der Waals surface area contributed by atoms with Gasteiger partial charge in [-0.15, -0.1) is 0 Å². The Morgan fingerprint density at radius 2 is 0.868 bits per heavy atom. The zero-order valence-corrected chi connectivity index (χ0v) is 30.7. The van der Waals surface area contributed by atoms with Crippen molar-refractivity contribution in [2.75, 3.05) is 4.90 Å². The van der Waals surface area contributed by atoms with Crippen molar-refractivity contribution in [2.45, 2.75) is 38.5 Å². The van der Waals surface area contributed by atoms with Crippen molar-refractivity contribution in [3.05, 3.63) is 198 Å². The zero-order valence-electron chi connectivity index (χ0n) is 30.7. The third-order valence-corrected chi connectivity index (χ3v) is 12.0. The molecule has 0 radical (unpaired) electrons. The summed E-state index contributed by atoms with van der Waals surface area (Å²) in [6.45, 7) is 9.63. The van der Waals surface area contributed by atoms with Crippen LogP contribution >= 0.6 is 0 Å². The van der Waals surface area contributed by atoms with Crippen LogP contribution in [0.2, 0.25) is 0 Å². The normalized spacial score (nSPS) is 14.3. The molecule has 254 valence electrons. The van der Waals surface area contributed by atoms with Crippen LogP contribution in [0.3, 0.4) is 0 Å². The lowest BCUT2D eigenvalue weighted by atomic mass is 9.76. The second-order valence-corrected chi connectivity index (χ2v) is 15.7. The molecule has 0 spiro atoms. The van der Waals surface area contributed by atoms with Crippen molar-refractivity contribution in [3.8, 4) is 44.5 Å². The van der Waals surface area contributed by atoms with Gasteiger partial charge < -0.3 is 4.90 Å². The number of para-hydroxylation sites is 1. The molecule has 0 N–H and O–H groups in total. The van der Waals surface area contributed by atoms with E-state index in [1.165, 1.54) is 77.5 Å². The summed E-state index contributed by atoms with van der Waals surface area (Å²) in [5.41, 5.74) is 19.2. The summed E-state index contributed by atoms with van der Waals surface area (Å²) in [5, 5.41) is 2.46. The second kappa shape index (κ2) is 11.7. The first kappa shape index (κ1) is 31.5. The first-order valence-electron chi connectivity index (χ1n) is 18.8. The van der Waals surface area contributed by atoms with Gasteiger partial charge in [0.1, 0.15) is 0 Å². The Balaban J connectivity index is 1.27. The summed E-state index contributed by atoms with van der Waals surface area (Å²) in [7, 11) is 0. The fourth-order valence-electron chi connectivity index (χ4n) is 9.35. The average Bonchev–Trinajstić information content (AvgIpc) is 3.57. The van der Waals surface area contributed by atoms with Gasteiger partial charge in [0.05, 0.1) is 5.69 Å². The van der Waals surface area contributed by atoms with Crippen LogP contribution in [0.5, 0.6) is 0 Å². The van der Waals surface area contributed by atoms with Gasteiger partial charge in [0, 0.05) is 27.8 Å². The van der Waals surface area contributed by atoms with Crippen molar-refractivity contribution in [1.29, 1.82) is 0 Å². The molecule has 8 aromatic carbocycles. The fraction of sp³-hybridized carbons (Fsp3) is 0.115. The number of anilines is 3. The van der Waals surface area contributed by atoms with Gasteiger partial charge in [0.2, 0.25) is 0 Å². The first-order valence-corrected chi connectivity index (χ1v) is 18.8. The molecule has 0 amide bonds. The van der Waals surface area contributed by atoms with E-state index in [0.717, 1.165) is 17.1 Å². The summed E-state index contributed by atoms with van der Waals surface area (Å²) in [6, 6.07) is 65.1. The molecule has 2 aliphatic carbocycles. The van der Waals surface area contributed by atoms with E-state index in [4.69, 9.17) is 0 Å². The molecule has 0 heterocycles. The van der Waals surface area contributed by atoms with E-state index in [-0.39, 0.29) is 10.8 Å². The van der Waals surface area contributed by atoms with Gasteiger partial charge in [0.25, 0.3) is 0 Å². The highest BCUT2D eigenvalue weighted by Crippen LogP contribution is 2.61. The van der Waals surface area contributed by atoms with Gasteiger partial charge in [-0.3, -0.25) is 0 Å². The number of hydrogen-bond acceptors (Lipinski definition) is 1. The van der Waals surface area contributed by atoms with Gasteiger partial charge in [-0.05, 0) is 102 Å². The molecule has 8 aromatic rings. The van der Waals surface area contributed by atoms with Crippen LogP contribution in [0.15, 0.2) is 176 Å². The minimum Gasteiger partial charge on any atom is -0.310 e. The van der Waals surface area contributed by atoms with Crippen LogP contribution in [-0.2, 0) is 10.8 Å². The van der Waals surface area contributed by atoms with E-state index in [1.807, 2.05) is 0 Å². The lowest BCUT2D eigenvalue weighted by molar-refractivity contribution is 0.639. The van der Waals surface area contributed by atoms with E-state index < -0.39 is 0 Å². The lowest BCUT2D eigenvalue weighted by Crippen LogP contribution is -2.19. The van der Waals surface area contributed by atoms with Crippen LogP contribution in [0, 0.1) is 0 Å². The molecule has 0 bridgehead atoms. The molecule has 0 unspecified atom stereocenters. The molecule has 10 rings (SSSR count). The molecule has 1 heteroatoms. The molecule has 0 atom stereocenters. The number of benzene rings is 8. The first-order chi connectivity index (χ1) is 25.8. The van der Waals surface area contributed by atoms with Gasteiger partial charge in [-0.1, -0.05) is 173 Å². The third-order valence-electron chi connectivity index (χ3n) is 12.0. The number of rotatable bonds is 5. The standard InChI is InChI=1S/C52H41N/c1-51(2)43-25-15-13-24-41(43)49-45(51)33-46-50(48(49)36-20-9-6-10-21-36)42-32-39(29-30-44(42)52(46,3)4)53(38-28-27-34-17-11-12-22-37(34)31-38)47-26-16-14-23-40(47)35-18-7-5-8-19-35/h5-33H,1-4H3. The Labute approximate surface area is 312 Å². The van der Waals surface area contributed by atoms with Crippen LogP contribution in [0.4, 0.5) is 17.1 Å². The molecule has 0 aromatic heterocycles. The van der Waals surface area contributed by atoms with E-state index in [9.17, 15) is 0 Å². The van der Waals surface area contributed by atoms with Crippen molar-refractivity contribution in [2.24, 2.45) is 0 Å². The molecule has 0 saturated carbocycles. The summed E-state index contributed by atoms with van der Waals surface area (Å²) in [4.78, 5) is 2.47. The quantitative estimate of drug-likeness (QED) is 0.175. The van der Waals surface area contributed by atoms with Crippen LogP contribution in [-0.4, -0.2) is 0 Å². The monoisotopic (exact) mass is 679 g/mol. The van der Waals surface area contributed by atoms with E-state index in [0.29, 0.717) is 0 Å². The van der Waals surface area contributed by atoms with Crippen molar-refractivity contribution < 1.29 is 0 Å². The maximum absolute atomic E-state index is 2.56. The Morgan fingerprint density at radius 1 is 0.340 bits per heavy atom. The Bertz CT molecular complexity index is 2720. The Hall–Kier alpha value is -6.18. The summed E-state index contributed by atoms with van der Waals surface area (Å²) in [5.74, 6) is 0. The van der Waals surface area contributed by atoms with Crippen LogP contribution in [0.1, 0.15) is 49.9 Å². The third kappa shape index (κ3) is 4.70. The molecular formula is C52H41N. The number of nitrogens with zero attached hydrogens (tertiary/aromatic N) is 1. The predicted molar refractivity (Wildman–Crippen MR) is 225 cm³/mol. The van der Waals surface area contributed by atoms with Crippen molar-refractivity contribution >= 4 is 27.8 Å². The second-order valence-electron chi connectivity index (χ2n) is 15.7. The summed E-state index contributed by atoms with van der Waals surface area (Å²) < 4.78 is 0. The molecule has 1 nitrogen and oxygen atoms in total. The SMILES string of the molecule is CC1(C)c2ccccc2-c2c1cc1c(c2-c2ccccc2)-c2cc(N(c3ccc4ccccc4c3)c3ccccc3-c3ccccc3)ccc2C1(C)C. The molecular weight excluding hydrogens is 639 g/mol. The predicted octanol–water partition coefficient (Wildman–Crippen LogP) is 14.3. The number of hydrogen-bond donors (Lipinski definition) is 0. The smallest absolute Gasteiger partial charge is 0.0540 e. The molecule has 0 aliphatic heterocycles. The molecule has 0 saturated heterocycles.